The van der Waals surface area contributed by atoms with Gasteiger partial charge in [0.05, 0.1) is 19.8 Å². The molecule has 0 amide bonds. The third-order valence-electron chi connectivity index (χ3n) is 2.59. The minimum Gasteiger partial charge on any atom is -0.494 e. The average molecular weight is 274 g/mol. The van der Waals surface area contributed by atoms with Crippen LogP contribution in [0, 0.1) is 0 Å². The fourth-order valence-electron chi connectivity index (χ4n) is 1.75. The van der Waals surface area contributed by atoms with Gasteiger partial charge in [-0.2, -0.15) is 0 Å². The predicted molar refractivity (Wildman–Crippen MR) is 72.3 cm³/mol. The van der Waals surface area contributed by atoms with Gasteiger partial charge in [0.2, 0.25) is 0 Å². The molecule has 4 nitrogen and oxygen atoms in total. The maximum atomic E-state index is 5.69. The molecule has 0 saturated carbocycles. The summed E-state index contributed by atoms with van der Waals surface area (Å²) in [5.41, 5.74) is 1.06. The Bertz CT molecular complexity index is 343. The van der Waals surface area contributed by atoms with Gasteiger partial charge in [-0.15, -0.1) is 12.4 Å². The Kier molecular flexibility index (Phi) is 7.05. The molecule has 0 aromatic heterocycles. The highest BCUT2D eigenvalue weighted by atomic mass is 35.5. The first-order chi connectivity index (χ1) is 8.40. The SMILES string of the molecule is CCOc1ccccc1COC1CNCCO1.Cl. The van der Waals surface area contributed by atoms with Gasteiger partial charge in [0.25, 0.3) is 0 Å². The van der Waals surface area contributed by atoms with Gasteiger partial charge in [0.1, 0.15) is 5.75 Å². The van der Waals surface area contributed by atoms with Gasteiger partial charge in [-0.3, -0.25) is 0 Å². The number of hydrogen-bond acceptors (Lipinski definition) is 4. The maximum absolute atomic E-state index is 5.69. The standard InChI is InChI=1S/C13H19NO3.ClH/c1-2-15-12-6-4-3-5-11(12)10-17-13-9-14-7-8-16-13;/h3-6,13-14H,2,7-10H2,1H3;1H. The van der Waals surface area contributed by atoms with Crippen LogP contribution in [0.15, 0.2) is 24.3 Å². The largest absolute Gasteiger partial charge is 0.494 e. The third-order valence-corrected chi connectivity index (χ3v) is 2.59. The van der Waals surface area contributed by atoms with Crippen LogP contribution >= 0.6 is 12.4 Å². The van der Waals surface area contributed by atoms with Crippen LogP contribution in [0.4, 0.5) is 0 Å². The number of para-hydroxylation sites is 1. The topological polar surface area (TPSA) is 39.7 Å². The van der Waals surface area contributed by atoms with E-state index in [4.69, 9.17) is 14.2 Å². The third kappa shape index (κ3) is 4.46. The molecule has 5 heteroatoms. The Morgan fingerprint density at radius 2 is 2.22 bits per heavy atom. The highest BCUT2D eigenvalue weighted by Gasteiger charge is 2.14. The van der Waals surface area contributed by atoms with Crippen LogP contribution in [0.25, 0.3) is 0 Å². The lowest BCUT2D eigenvalue weighted by molar-refractivity contribution is -0.159. The van der Waals surface area contributed by atoms with Crippen molar-refractivity contribution < 1.29 is 14.2 Å². The van der Waals surface area contributed by atoms with Gasteiger partial charge in [-0.25, -0.2) is 0 Å². The van der Waals surface area contributed by atoms with E-state index in [0.717, 1.165) is 24.4 Å². The summed E-state index contributed by atoms with van der Waals surface area (Å²) >= 11 is 0. The van der Waals surface area contributed by atoms with Gasteiger partial charge in [-0.05, 0) is 13.0 Å². The Hall–Kier alpha value is -0.810. The van der Waals surface area contributed by atoms with Crippen molar-refractivity contribution in [3.63, 3.8) is 0 Å². The lowest BCUT2D eigenvalue weighted by Gasteiger charge is -2.24. The zero-order chi connectivity index (χ0) is 11.9. The van der Waals surface area contributed by atoms with Crippen LogP contribution in [0.3, 0.4) is 0 Å². The summed E-state index contributed by atoms with van der Waals surface area (Å²) in [5.74, 6) is 0.888. The van der Waals surface area contributed by atoms with E-state index in [0.29, 0.717) is 19.8 Å². The molecular formula is C13H20ClNO3. The fraction of sp³-hybridized carbons (Fsp3) is 0.538. The number of morpholine rings is 1. The summed E-state index contributed by atoms with van der Waals surface area (Å²) in [6, 6.07) is 7.93. The number of ether oxygens (including phenoxy) is 3. The zero-order valence-corrected chi connectivity index (χ0v) is 11.4. The molecule has 1 N–H and O–H groups in total. The molecule has 1 aliphatic rings. The van der Waals surface area contributed by atoms with Crippen molar-refractivity contribution in [2.75, 3.05) is 26.3 Å². The monoisotopic (exact) mass is 273 g/mol. The Morgan fingerprint density at radius 1 is 1.39 bits per heavy atom. The van der Waals surface area contributed by atoms with E-state index in [9.17, 15) is 0 Å². The molecule has 1 fully saturated rings. The molecular weight excluding hydrogens is 254 g/mol. The summed E-state index contributed by atoms with van der Waals surface area (Å²) in [7, 11) is 0. The van der Waals surface area contributed by atoms with E-state index < -0.39 is 0 Å². The molecule has 1 heterocycles. The van der Waals surface area contributed by atoms with E-state index >= 15 is 0 Å². The number of benzene rings is 1. The number of halogens is 1. The Morgan fingerprint density at radius 3 is 2.94 bits per heavy atom. The van der Waals surface area contributed by atoms with Crippen LogP contribution < -0.4 is 10.1 Å². The molecule has 1 atom stereocenters. The molecule has 1 aromatic rings. The molecule has 1 aromatic carbocycles. The molecule has 0 radical (unpaired) electrons. The molecule has 0 bridgehead atoms. The molecule has 1 unspecified atom stereocenters. The van der Waals surface area contributed by atoms with Crippen molar-refractivity contribution in [2.24, 2.45) is 0 Å². The minimum absolute atomic E-state index is 0. The average Bonchev–Trinajstić information content (AvgIpc) is 2.39. The first-order valence-electron chi connectivity index (χ1n) is 6.04. The second kappa shape index (κ2) is 8.32. The zero-order valence-electron chi connectivity index (χ0n) is 10.6. The molecule has 1 aliphatic heterocycles. The first-order valence-corrected chi connectivity index (χ1v) is 6.04. The lowest BCUT2D eigenvalue weighted by Crippen LogP contribution is -2.39. The van der Waals surface area contributed by atoms with Crippen molar-refractivity contribution in [2.45, 2.75) is 19.8 Å². The van der Waals surface area contributed by atoms with Crippen LogP contribution in [0.5, 0.6) is 5.75 Å². The van der Waals surface area contributed by atoms with Crippen LogP contribution in [0.1, 0.15) is 12.5 Å². The van der Waals surface area contributed by atoms with Crippen LogP contribution in [0.2, 0.25) is 0 Å². The summed E-state index contributed by atoms with van der Waals surface area (Å²) in [6.07, 6.45) is -0.154. The Balaban J connectivity index is 0.00000162. The van der Waals surface area contributed by atoms with Gasteiger partial charge in [0.15, 0.2) is 6.29 Å². The van der Waals surface area contributed by atoms with Crippen molar-refractivity contribution in [1.82, 2.24) is 5.32 Å². The molecule has 18 heavy (non-hydrogen) atoms. The molecule has 102 valence electrons. The van der Waals surface area contributed by atoms with E-state index in [1.807, 2.05) is 31.2 Å². The second-order valence-electron chi connectivity index (χ2n) is 3.86. The lowest BCUT2D eigenvalue weighted by atomic mass is 10.2. The van der Waals surface area contributed by atoms with Gasteiger partial charge >= 0.3 is 0 Å². The van der Waals surface area contributed by atoms with Gasteiger partial charge in [-0.1, -0.05) is 18.2 Å². The minimum atomic E-state index is -0.154. The summed E-state index contributed by atoms with van der Waals surface area (Å²) < 4.78 is 16.7. The van der Waals surface area contributed by atoms with Crippen molar-refractivity contribution in [3.8, 4) is 5.75 Å². The summed E-state index contributed by atoms with van der Waals surface area (Å²) in [4.78, 5) is 0. The number of rotatable bonds is 5. The predicted octanol–water partition coefficient (Wildman–Crippen LogP) is 1.97. The number of hydrogen-bond donors (Lipinski definition) is 1. The van der Waals surface area contributed by atoms with Crippen LogP contribution in [-0.2, 0) is 16.1 Å². The Labute approximate surface area is 114 Å². The molecule has 1 saturated heterocycles. The van der Waals surface area contributed by atoms with Crippen molar-refractivity contribution >= 4 is 12.4 Å². The fourth-order valence-corrected chi connectivity index (χ4v) is 1.75. The van der Waals surface area contributed by atoms with Crippen molar-refractivity contribution in [3.05, 3.63) is 29.8 Å². The summed E-state index contributed by atoms with van der Waals surface area (Å²) in [5, 5.41) is 3.23. The highest BCUT2D eigenvalue weighted by Crippen LogP contribution is 2.19. The summed E-state index contributed by atoms with van der Waals surface area (Å²) in [6.45, 7) is 5.51. The quantitative estimate of drug-likeness (QED) is 0.890. The first kappa shape index (κ1) is 15.2. The molecule has 0 spiro atoms. The van der Waals surface area contributed by atoms with E-state index in [1.165, 1.54) is 0 Å². The van der Waals surface area contributed by atoms with E-state index in [1.54, 1.807) is 0 Å². The maximum Gasteiger partial charge on any atom is 0.170 e. The number of nitrogens with one attached hydrogen (secondary N) is 1. The van der Waals surface area contributed by atoms with Gasteiger partial charge < -0.3 is 19.5 Å². The normalized spacial score (nSPS) is 19.1. The van der Waals surface area contributed by atoms with Crippen molar-refractivity contribution in [1.29, 1.82) is 0 Å². The second-order valence-corrected chi connectivity index (χ2v) is 3.86. The molecule has 2 rings (SSSR count). The van der Waals surface area contributed by atoms with E-state index in [2.05, 4.69) is 5.32 Å². The van der Waals surface area contributed by atoms with Crippen LogP contribution in [-0.4, -0.2) is 32.6 Å². The highest BCUT2D eigenvalue weighted by molar-refractivity contribution is 5.85. The van der Waals surface area contributed by atoms with E-state index in [-0.39, 0.29) is 18.7 Å². The smallest absolute Gasteiger partial charge is 0.170 e. The van der Waals surface area contributed by atoms with Gasteiger partial charge in [0, 0.05) is 18.7 Å². The molecule has 0 aliphatic carbocycles.